The first-order valence-electron chi connectivity index (χ1n) is 6.89. The summed E-state index contributed by atoms with van der Waals surface area (Å²) in [6, 6.07) is 10.4. The van der Waals surface area contributed by atoms with Crippen molar-refractivity contribution in [3.8, 4) is 0 Å². The number of nitrogens with zero attached hydrogens (tertiary/aromatic N) is 1. The molecule has 19 heavy (non-hydrogen) atoms. The first-order chi connectivity index (χ1) is 9.31. The Morgan fingerprint density at radius 2 is 2.11 bits per heavy atom. The Bertz CT molecular complexity index is 416. The van der Waals surface area contributed by atoms with Crippen LogP contribution in [0.3, 0.4) is 0 Å². The molecule has 1 aromatic rings. The Kier molecular flexibility index (Phi) is 5.01. The monoisotopic (exact) mass is 259 g/mol. The molecular weight excluding hydrogens is 238 g/mol. The van der Waals surface area contributed by atoms with Crippen molar-refractivity contribution in [1.29, 1.82) is 0 Å². The Balaban J connectivity index is 1.88. The molecule has 1 atom stereocenters. The molecule has 0 saturated carbocycles. The van der Waals surface area contributed by atoms with Gasteiger partial charge in [0, 0.05) is 6.54 Å². The molecule has 1 aliphatic rings. The highest BCUT2D eigenvalue weighted by Gasteiger charge is 2.32. The standard InChI is InChI=1S/C16H21NO2/c1-2-3-4-8-11-17-15(13-19-16(17)18)12-14-9-6-5-7-10-14/h2,5-7,9-10,15H,1,3-4,8,11-13H2/t15-/m1/s1. The maximum absolute atomic E-state index is 11.7. The Morgan fingerprint density at radius 1 is 1.32 bits per heavy atom. The lowest BCUT2D eigenvalue weighted by atomic mass is 10.1. The second-order valence-electron chi connectivity index (χ2n) is 4.90. The molecule has 0 unspecified atom stereocenters. The number of amides is 1. The maximum Gasteiger partial charge on any atom is 0.410 e. The van der Waals surface area contributed by atoms with E-state index >= 15 is 0 Å². The first-order valence-corrected chi connectivity index (χ1v) is 6.89. The number of hydrogen-bond acceptors (Lipinski definition) is 2. The number of carbonyl (C=O) groups is 1. The Hall–Kier alpha value is -1.77. The third-order valence-corrected chi connectivity index (χ3v) is 3.45. The van der Waals surface area contributed by atoms with Crippen LogP contribution in [-0.4, -0.2) is 30.2 Å². The van der Waals surface area contributed by atoms with Crippen molar-refractivity contribution in [2.75, 3.05) is 13.2 Å². The number of allylic oxidation sites excluding steroid dienone is 1. The van der Waals surface area contributed by atoms with Gasteiger partial charge in [0.25, 0.3) is 0 Å². The maximum atomic E-state index is 11.7. The Morgan fingerprint density at radius 3 is 2.84 bits per heavy atom. The van der Waals surface area contributed by atoms with Crippen LogP contribution in [0.5, 0.6) is 0 Å². The van der Waals surface area contributed by atoms with Crippen molar-refractivity contribution in [3.63, 3.8) is 0 Å². The second-order valence-corrected chi connectivity index (χ2v) is 4.90. The van der Waals surface area contributed by atoms with Crippen LogP contribution in [0.15, 0.2) is 43.0 Å². The molecule has 3 heteroatoms. The van der Waals surface area contributed by atoms with Gasteiger partial charge in [-0.1, -0.05) is 36.4 Å². The van der Waals surface area contributed by atoms with Gasteiger partial charge in [0.2, 0.25) is 0 Å². The number of unbranched alkanes of at least 4 members (excludes halogenated alkanes) is 2. The number of benzene rings is 1. The van der Waals surface area contributed by atoms with E-state index in [2.05, 4.69) is 18.7 Å². The predicted molar refractivity (Wildman–Crippen MR) is 76.0 cm³/mol. The zero-order chi connectivity index (χ0) is 13.5. The predicted octanol–water partition coefficient (Wildman–Crippen LogP) is 3.41. The molecule has 102 valence electrons. The SMILES string of the molecule is C=CCCCCN1C(=O)OC[C@H]1Cc1ccccc1. The first kappa shape index (κ1) is 13.7. The van der Waals surface area contributed by atoms with Gasteiger partial charge in [-0.15, -0.1) is 6.58 Å². The van der Waals surface area contributed by atoms with Crippen LogP contribution in [-0.2, 0) is 11.2 Å². The van der Waals surface area contributed by atoms with E-state index in [1.54, 1.807) is 0 Å². The third kappa shape index (κ3) is 3.85. The summed E-state index contributed by atoms with van der Waals surface area (Å²) >= 11 is 0. The van der Waals surface area contributed by atoms with Crippen LogP contribution in [0.4, 0.5) is 4.79 Å². The van der Waals surface area contributed by atoms with Gasteiger partial charge in [0.15, 0.2) is 0 Å². The smallest absolute Gasteiger partial charge is 0.410 e. The molecule has 1 aliphatic heterocycles. The molecule has 0 aliphatic carbocycles. The number of ether oxygens (including phenoxy) is 1. The van der Waals surface area contributed by atoms with Crippen molar-refractivity contribution in [1.82, 2.24) is 4.90 Å². The molecule has 0 radical (unpaired) electrons. The lowest BCUT2D eigenvalue weighted by Crippen LogP contribution is -2.35. The van der Waals surface area contributed by atoms with E-state index in [1.807, 2.05) is 29.2 Å². The summed E-state index contributed by atoms with van der Waals surface area (Å²) in [5.74, 6) is 0. The quantitative estimate of drug-likeness (QED) is 0.555. The van der Waals surface area contributed by atoms with Gasteiger partial charge in [0.1, 0.15) is 6.61 Å². The van der Waals surface area contributed by atoms with E-state index in [0.29, 0.717) is 6.61 Å². The molecule has 0 N–H and O–H groups in total. The van der Waals surface area contributed by atoms with Crippen molar-refractivity contribution < 1.29 is 9.53 Å². The summed E-state index contributed by atoms with van der Waals surface area (Å²) in [5.41, 5.74) is 1.25. The number of carbonyl (C=O) groups excluding carboxylic acids is 1. The van der Waals surface area contributed by atoms with E-state index in [9.17, 15) is 4.79 Å². The summed E-state index contributed by atoms with van der Waals surface area (Å²) in [7, 11) is 0. The normalized spacial score (nSPS) is 18.4. The average molecular weight is 259 g/mol. The molecule has 1 fully saturated rings. The minimum atomic E-state index is -0.167. The van der Waals surface area contributed by atoms with Crippen LogP contribution < -0.4 is 0 Å². The summed E-state index contributed by atoms with van der Waals surface area (Å²) < 4.78 is 5.17. The highest BCUT2D eigenvalue weighted by Crippen LogP contribution is 2.18. The lowest BCUT2D eigenvalue weighted by Gasteiger charge is -2.21. The minimum absolute atomic E-state index is 0.167. The molecule has 2 rings (SSSR count). The Labute approximate surface area is 114 Å². The third-order valence-electron chi connectivity index (χ3n) is 3.45. The number of hydrogen-bond donors (Lipinski definition) is 0. The molecule has 0 spiro atoms. The summed E-state index contributed by atoms with van der Waals surface area (Å²) in [4.78, 5) is 13.6. The topological polar surface area (TPSA) is 29.5 Å². The second kappa shape index (κ2) is 6.98. The molecule has 0 bridgehead atoms. The molecular formula is C16H21NO2. The van der Waals surface area contributed by atoms with E-state index in [4.69, 9.17) is 4.74 Å². The fourth-order valence-electron chi connectivity index (χ4n) is 2.39. The number of cyclic esters (lactones) is 1. The van der Waals surface area contributed by atoms with Gasteiger partial charge in [-0.3, -0.25) is 0 Å². The fourth-order valence-corrected chi connectivity index (χ4v) is 2.39. The zero-order valence-corrected chi connectivity index (χ0v) is 11.3. The van der Waals surface area contributed by atoms with Gasteiger partial charge in [-0.2, -0.15) is 0 Å². The van der Waals surface area contributed by atoms with E-state index < -0.39 is 0 Å². The van der Waals surface area contributed by atoms with Crippen LogP contribution in [0.25, 0.3) is 0 Å². The molecule has 1 aromatic carbocycles. The van der Waals surface area contributed by atoms with Gasteiger partial charge < -0.3 is 9.64 Å². The summed E-state index contributed by atoms with van der Waals surface area (Å²) in [5, 5.41) is 0. The van der Waals surface area contributed by atoms with E-state index in [-0.39, 0.29) is 12.1 Å². The molecule has 3 nitrogen and oxygen atoms in total. The van der Waals surface area contributed by atoms with Crippen LogP contribution in [0.2, 0.25) is 0 Å². The van der Waals surface area contributed by atoms with Gasteiger partial charge in [0.05, 0.1) is 6.04 Å². The van der Waals surface area contributed by atoms with Crippen molar-refractivity contribution >= 4 is 6.09 Å². The average Bonchev–Trinajstić information content (AvgIpc) is 2.77. The number of rotatable bonds is 7. The zero-order valence-electron chi connectivity index (χ0n) is 11.3. The van der Waals surface area contributed by atoms with Gasteiger partial charge in [-0.25, -0.2) is 4.79 Å². The van der Waals surface area contributed by atoms with Crippen LogP contribution in [0.1, 0.15) is 24.8 Å². The van der Waals surface area contributed by atoms with Crippen LogP contribution in [0, 0.1) is 0 Å². The van der Waals surface area contributed by atoms with Crippen molar-refractivity contribution in [2.24, 2.45) is 0 Å². The van der Waals surface area contributed by atoms with E-state index in [0.717, 1.165) is 32.2 Å². The highest BCUT2D eigenvalue weighted by molar-refractivity contribution is 5.70. The summed E-state index contributed by atoms with van der Waals surface area (Å²) in [6.07, 6.45) is 5.71. The van der Waals surface area contributed by atoms with E-state index in [1.165, 1.54) is 5.56 Å². The molecule has 1 heterocycles. The lowest BCUT2D eigenvalue weighted by molar-refractivity contribution is 0.157. The summed E-state index contributed by atoms with van der Waals surface area (Å²) in [6.45, 7) is 5.00. The minimum Gasteiger partial charge on any atom is -0.447 e. The van der Waals surface area contributed by atoms with Gasteiger partial charge in [-0.05, 0) is 31.2 Å². The largest absolute Gasteiger partial charge is 0.447 e. The van der Waals surface area contributed by atoms with Crippen LogP contribution >= 0.6 is 0 Å². The molecule has 1 amide bonds. The van der Waals surface area contributed by atoms with Gasteiger partial charge >= 0.3 is 6.09 Å². The van der Waals surface area contributed by atoms with Crippen molar-refractivity contribution in [3.05, 3.63) is 48.6 Å². The highest BCUT2D eigenvalue weighted by atomic mass is 16.6. The molecule has 1 saturated heterocycles. The van der Waals surface area contributed by atoms with Crippen molar-refractivity contribution in [2.45, 2.75) is 31.7 Å². The molecule has 0 aromatic heterocycles. The fraction of sp³-hybridized carbons (Fsp3) is 0.438.